The fraction of sp³-hybridized carbons (Fsp3) is 0.560. The summed E-state index contributed by atoms with van der Waals surface area (Å²) in [7, 11) is -1.06. The number of rotatable bonds is 11. The molecule has 0 amide bonds. The molecule has 1 aliphatic heterocycles. The van der Waals surface area contributed by atoms with E-state index in [0.717, 1.165) is 24.8 Å². The summed E-state index contributed by atoms with van der Waals surface area (Å²) in [6.45, 7) is 6.09. The highest BCUT2D eigenvalue weighted by molar-refractivity contribution is 7.93. The van der Waals surface area contributed by atoms with Crippen molar-refractivity contribution in [2.24, 2.45) is 0 Å². The van der Waals surface area contributed by atoms with Crippen LogP contribution in [0.1, 0.15) is 63.1 Å². The lowest BCUT2D eigenvalue weighted by Gasteiger charge is -2.32. The summed E-state index contributed by atoms with van der Waals surface area (Å²) in [5, 5.41) is 7.58. The smallest absolute Gasteiger partial charge is 0.240 e. The molecule has 12 nitrogen and oxygen atoms in total. The fourth-order valence-corrected chi connectivity index (χ4v) is 5.76. The Bertz CT molecular complexity index is 1310. The molecule has 1 N–H and O–H groups in total. The first-order chi connectivity index (χ1) is 18.3. The number of anilines is 1. The molecular formula is C25H35N7O5S. The highest BCUT2D eigenvalue weighted by atomic mass is 32.2. The zero-order valence-corrected chi connectivity index (χ0v) is 23.2. The minimum Gasteiger partial charge on any atom is -0.481 e. The first kappa shape index (κ1) is 27.9. The summed E-state index contributed by atoms with van der Waals surface area (Å²) in [5.74, 6) is 1.19. The zero-order valence-electron chi connectivity index (χ0n) is 22.4. The Morgan fingerprint density at radius 3 is 2.58 bits per heavy atom. The van der Waals surface area contributed by atoms with Crippen LogP contribution in [0, 0.1) is 6.92 Å². The highest BCUT2D eigenvalue weighted by Crippen LogP contribution is 2.34. The monoisotopic (exact) mass is 545 g/mol. The first-order valence-corrected chi connectivity index (χ1v) is 14.2. The van der Waals surface area contributed by atoms with E-state index in [1.165, 1.54) is 14.2 Å². The number of pyridine rings is 1. The number of aromatic nitrogens is 6. The van der Waals surface area contributed by atoms with Crippen molar-refractivity contribution in [3.8, 4) is 17.4 Å². The average Bonchev–Trinajstić information content (AvgIpc) is 3.33. The molecule has 3 aromatic heterocycles. The predicted molar refractivity (Wildman–Crippen MR) is 141 cm³/mol. The van der Waals surface area contributed by atoms with Crippen molar-refractivity contribution in [3.63, 3.8) is 0 Å². The minimum absolute atomic E-state index is 0.0807. The first-order valence-electron chi connectivity index (χ1n) is 12.7. The van der Waals surface area contributed by atoms with E-state index < -0.39 is 21.4 Å². The van der Waals surface area contributed by atoms with Gasteiger partial charge in [-0.1, -0.05) is 13.0 Å². The van der Waals surface area contributed by atoms with Crippen molar-refractivity contribution in [2.75, 3.05) is 25.5 Å². The van der Waals surface area contributed by atoms with Gasteiger partial charge in [-0.3, -0.25) is 9.29 Å². The number of aryl methyl sites for hydroxylation is 1. The molecule has 13 heteroatoms. The topological polar surface area (TPSA) is 143 Å². The van der Waals surface area contributed by atoms with E-state index in [9.17, 15) is 8.42 Å². The van der Waals surface area contributed by atoms with Gasteiger partial charge in [-0.05, 0) is 51.2 Å². The number of hydrogen-bond donors (Lipinski definition) is 1. The SMILES string of the molecule is CCC([C@H]1CCCCO1)n1c(NS(=O)(=O)C(C)C(OC)c2ncc(C)cn2)nnc1-c1cccc(OC)n1. The Balaban J connectivity index is 1.73. The molecule has 206 valence electrons. The Morgan fingerprint density at radius 2 is 1.95 bits per heavy atom. The summed E-state index contributed by atoms with van der Waals surface area (Å²) in [6.07, 6.45) is 5.77. The van der Waals surface area contributed by atoms with E-state index in [-0.39, 0.29) is 23.9 Å². The third-order valence-corrected chi connectivity index (χ3v) is 8.40. The van der Waals surface area contributed by atoms with E-state index in [2.05, 4.69) is 29.9 Å². The molecule has 0 spiro atoms. The van der Waals surface area contributed by atoms with Gasteiger partial charge in [0.2, 0.25) is 21.9 Å². The third kappa shape index (κ3) is 5.94. The maximum Gasteiger partial charge on any atom is 0.240 e. The van der Waals surface area contributed by atoms with Gasteiger partial charge in [-0.25, -0.2) is 23.4 Å². The quantitative estimate of drug-likeness (QED) is 0.380. The highest BCUT2D eigenvalue weighted by Gasteiger charge is 2.36. The van der Waals surface area contributed by atoms with Crippen molar-refractivity contribution in [1.82, 2.24) is 29.7 Å². The number of nitrogens with one attached hydrogen (secondary N) is 1. The Morgan fingerprint density at radius 1 is 1.18 bits per heavy atom. The van der Waals surface area contributed by atoms with Crippen LogP contribution < -0.4 is 9.46 Å². The zero-order chi connectivity index (χ0) is 27.3. The maximum atomic E-state index is 13.6. The van der Waals surface area contributed by atoms with Gasteiger partial charge in [-0.15, -0.1) is 10.2 Å². The molecule has 4 heterocycles. The van der Waals surface area contributed by atoms with Crippen molar-refractivity contribution < 1.29 is 22.6 Å². The second-order valence-electron chi connectivity index (χ2n) is 9.29. The van der Waals surface area contributed by atoms with Crippen molar-refractivity contribution in [1.29, 1.82) is 0 Å². The van der Waals surface area contributed by atoms with Crippen molar-refractivity contribution >= 4 is 16.0 Å². The van der Waals surface area contributed by atoms with E-state index in [4.69, 9.17) is 14.2 Å². The molecule has 0 aliphatic carbocycles. The molecule has 0 bridgehead atoms. The van der Waals surface area contributed by atoms with Gasteiger partial charge in [-0.2, -0.15) is 0 Å². The van der Waals surface area contributed by atoms with E-state index in [1.807, 2.05) is 13.8 Å². The molecule has 1 aliphatic rings. The minimum atomic E-state index is -4.02. The number of ether oxygens (including phenoxy) is 3. The van der Waals surface area contributed by atoms with Crippen LogP contribution in [-0.4, -0.2) is 70.3 Å². The number of hydrogen-bond acceptors (Lipinski definition) is 10. The lowest BCUT2D eigenvalue weighted by molar-refractivity contribution is -0.0169. The van der Waals surface area contributed by atoms with Crippen molar-refractivity contribution in [3.05, 3.63) is 42.0 Å². The molecule has 4 atom stereocenters. The van der Waals surface area contributed by atoms with Crippen LogP contribution in [0.15, 0.2) is 30.6 Å². The fourth-order valence-electron chi connectivity index (χ4n) is 4.62. The molecule has 0 aromatic carbocycles. The van der Waals surface area contributed by atoms with Crippen molar-refractivity contribution in [2.45, 2.75) is 70.0 Å². The van der Waals surface area contributed by atoms with Gasteiger partial charge in [0.25, 0.3) is 0 Å². The summed E-state index contributed by atoms with van der Waals surface area (Å²) in [4.78, 5) is 13.1. The Kier molecular flexibility index (Phi) is 8.90. The Labute approximate surface area is 223 Å². The second kappa shape index (κ2) is 12.1. The maximum absolute atomic E-state index is 13.6. The average molecular weight is 546 g/mol. The molecule has 1 fully saturated rings. The summed E-state index contributed by atoms with van der Waals surface area (Å²) >= 11 is 0. The van der Waals surface area contributed by atoms with Gasteiger partial charge in [0.05, 0.1) is 19.3 Å². The van der Waals surface area contributed by atoms with Gasteiger partial charge >= 0.3 is 0 Å². The molecule has 3 aromatic rings. The number of nitrogens with zero attached hydrogens (tertiary/aromatic N) is 6. The molecule has 1 saturated heterocycles. The lowest BCUT2D eigenvalue weighted by atomic mass is 9.99. The molecule has 0 saturated carbocycles. The largest absolute Gasteiger partial charge is 0.481 e. The number of methoxy groups -OCH3 is 2. The number of sulfonamides is 1. The third-order valence-electron chi connectivity index (χ3n) is 6.71. The molecule has 0 radical (unpaired) electrons. The van der Waals surface area contributed by atoms with Gasteiger partial charge < -0.3 is 14.2 Å². The standard InChI is InChI=1S/C25H35N7O5S/c1-6-19(20-11-7-8-13-37-20)32-24(18-10-9-12-21(28-18)35-4)29-30-25(32)31-38(33,34)17(3)22(36-5)23-26-14-16(2)15-27-23/h9-10,12,14-15,17,19-20,22H,6-8,11,13H2,1-5H3,(H,30,31)/t17?,19?,20-,22?/m1/s1. The normalized spacial score (nSPS) is 18.5. The molecule has 38 heavy (non-hydrogen) atoms. The van der Waals surface area contributed by atoms with Crippen LogP contribution in [-0.2, 0) is 19.5 Å². The molecular weight excluding hydrogens is 510 g/mol. The van der Waals surface area contributed by atoms with Crippen LogP contribution >= 0.6 is 0 Å². The van der Waals surface area contributed by atoms with Gasteiger partial charge in [0.1, 0.15) is 17.0 Å². The molecule has 4 rings (SSSR count). The van der Waals surface area contributed by atoms with E-state index in [0.29, 0.717) is 30.4 Å². The Hall–Kier alpha value is -3.16. The second-order valence-corrected chi connectivity index (χ2v) is 11.3. The van der Waals surface area contributed by atoms with Gasteiger partial charge in [0.15, 0.2) is 11.6 Å². The summed E-state index contributed by atoms with van der Waals surface area (Å²) in [6, 6.07) is 5.10. The lowest BCUT2D eigenvalue weighted by Crippen LogP contribution is -2.35. The van der Waals surface area contributed by atoms with E-state index >= 15 is 0 Å². The van der Waals surface area contributed by atoms with Gasteiger partial charge in [0, 0.05) is 32.2 Å². The van der Waals surface area contributed by atoms with Crippen LogP contribution in [0.3, 0.4) is 0 Å². The summed E-state index contributed by atoms with van der Waals surface area (Å²) in [5.41, 5.74) is 1.37. The molecule has 3 unspecified atom stereocenters. The van der Waals surface area contributed by atoms with Crippen LogP contribution in [0.25, 0.3) is 11.5 Å². The predicted octanol–water partition coefficient (Wildman–Crippen LogP) is 3.49. The summed E-state index contributed by atoms with van der Waals surface area (Å²) < 4.78 is 48.6. The van der Waals surface area contributed by atoms with Crippen LogP contribution in [0.5, 0.6) is 5.88 Å². The van der Waals surface area contributed by atoms with Crippen LogP contribution in [0.2, 0.25) is 0 Å². The van der Waals surface area contributed by atoms with E-state index in [1.54, 1.807) is 42.1 Å². The van der Waals surface area contributed by atoms with Crippen LogP contribution in [0.4, 0.5) is 5.95 Å².